The third-order valence-corrected chi connectivity index (χ3v) is 6.19. The van der Waals surface area contributed by atoms with Crippen LogP contribution in [0.5, 0.6) is 0 Å². The topological polar surface area (TPSA) is 66.4 Å². The molecule has 0 spiro atoms. The summed E-state index contributed by atoms with van der Waals surface area (Å²) in [6.07, 6.45) is 3.57. The molecule has 0 amide bonds. The van der Waals surface area contributed by atoms with Crippen LogP contribution in [0.3, 0.4) is 0 Å². The van der Waals surface area contributed by atoms with E-state index in [2.05, 4.69) is 20.7 Å². The van der Waals surface area contributed by atoms with Crippen LogP contribution in [-0.4, -0.2) is 25.7 Å². The summed E-state index contributed by atoms with van der Waals surface area (Å²) < 4.78 is 27.8. The van der Waals surface area contributed by atoms with Crippen molar-refractivity contribution >= 4 is 37.6 Å². The number of benzene rings is 1. The largest absolute Gasteiger partial charge is 0.391 e. The van der Waals surface area contributed by atoms with Crippen LogP contribution in [0.1, 0.15) is 32.1 Å². The van der Waals surface area contributed by atoms with Gasteiger partial charge in [-0.25, -0.2) is 13.1 Å². The Morgan fingerprint density at radius 3 is 2.65 bits per heavy atom. The summed E-state index contributed by atoms with van der Waals surface area (Å²) in [6.45, 7) is 0. The standard InChI is InChI=1S/C13H17BrClNO3S/c14-10-8-9(6-7-11(10)15)20(18,19)16-12-4-2-1-3-5-13(12)17/h6-8,12-13,16-17H,1-5H2. The number of aliphatic hydroxyl groups is 1. The van der Waals surface area contributed by atoms with Crippen LogP contribution >= 0.6 is 27.5 Å². The van der Waals surface area contributed by atoms with Crippen LogP contribution in [0, 0.1) is 0 Å². The van der Waals surface area contributed by atoms with Gasteiger partial charge >= 0.3 is 0 Å². The Balaban J connectivity index is 2.19. The molecular weight excluding hydrogens is 366 g/mol. The zero-order valence-electron chi connectivity index (χ0n) is 10.9. The van der Waals surface area contributed by atoms with Crippen molar-refractivity contribution in [2.75, 3.05) is 0 Å². The minimum Gasteiger partial charge on any atom is -0.391 e. The average Bonchev–Trinajstić information content (AvgIpc) is 2.58. The molecule has 0 bridgehead atoms. The van der Waals surface area contributed by atoms with E-state index in [9.17, 15) is 13.5 Å². The fourth-order valence-corrected chi connectivity index (χ4v) is 4.31. The molecule has 0 saturated heterocycles. The van der Waals surface area contributed by atoms with E-state index >= 15 is 0 Å². The van der Waals surface area contributed by atoms with Crippen LogP contribution in [0.4, 0.5) is 0 Å². The molecule has 20 heavy (non-hydrogen) atoms. The molecule has 1 aliphatic carbocycles. The summed E-state index contributed by atoms with van der Waals surface area (Å²) in [7, 11) is -3.65. The van der Waals surface area contributed by atoms with Crippen LogP contribution in [-0.2, 0) is 10.0 Å². The average molecular weight is 383 g/mol. The molecule has 2 rings (SSSR count). The zero-order valence-corrected chi connectivity index (χ0v) is 14.0. The summed E-state index contributed by atoms with van der Waals surface area (Å²) in [6, 6.07) is 4.03. The van der Waals surface area contributed by atoms with Crippen molar-refractivity contribution in [1.29, 1.82) is 0 Å². The van der Waals surface area contributed by atoms with Crippen molar-refractivity contribution in [3.8, 4) is 0 Å². The first-order chi connectivity index (χ1) is 9.40. The third kappa shape index (κ3) is 3.95. The molecule has 1 aromatic rings. The monoisotopic (exact) mass is 381 g/mol. The summed E-state index contributed by atoms with van der Waals surface area (Å²) in [5.74, 6) is 0. The van der Waals surface area contributed by atoms with Gasteiger partial charge in [0.15, 0.2) is 0 Å². The van der Waals surface area contributed by atoms with Crippen LogP contribution in [0.25, 0.3) is 0 Å². The SMILES string of the molecule is O=S(=O)(NC1CCCCCC1O)c1ccc(Cl)c(Br)c1. The molecule has 4 nitrogen and oxygen atoms in total. The number of aliphatic hydroxyl groups excluding tert-OH is 1. The first kappa shape index (κ1) is 16.2. The molecule has 2 atom stereocenters. The highest BCUT2D eigenvalue weighted by molar-refractivity contribution is 9.10. The summed E-state index contributed by atoms with van der Waals surface area (Å²) in [4.78, 5) is 0.144. The van der Waals surface area contributed by atoms with Gasteiger partial charge in [0.2, 0.25) is 10.0 Å². The Morgan fingerprint density at radius 2 is 1.95 bits per heavy atom. The second-order valence-corrected chi connectivity index (χ2v) is 7.98. The van der Waals surface area contributed by atoms with E-state index < -0.39 is 22.2 Å². The van der Waals surface area contributed by atoms with Gasteiger partial charge in [-0.2, -0.15) is 0 Å². The highest BCUT2D eigenvalue weighted by atomic mass is 79.9. The molecule has 2 unspecified atom stereocenters. The lowest BCUT2D eigenvalue weighted by molar-refractivity contribution is 0.130. The Labute approximate surface area is 132 Å². The van der Waals surface area contributed by atoms with E-state index in [0.717, 1.165) is 19.3 Å². The van der Waals surface area contributed by atoms with Gasteiger partial charge < -0.3 is 5.11 Å². The van der Waals surface area contributed by atoms with Crippen molar-refractivity contribution in [2.24, 2.45) is 0 Å². The van der Waals surface area contributed by atoms with E-state index in [-0.39, 0.29) is 4.90 Å². The van der Waals surface area contributed by atoms with Gasteiger partial charge in [-0.15, -0.1) is 0 Å². The normalized spacial score (nSPS) is 24.4. The van der Waals surface area contributed by atoms with Gasteiger partial charge in [0.1, 0.15) is 0 Å². The number of rotatable bonds is 3. The number of sulfonamides is 1. The van der Waals surface area contributed by atoms with E-state index in [1.165, 1.54) is 18.2 Å². The van der Waals surface area contributed by atoms with Gasteiger partial charge in [0.05, 0.1) is 16.0 Å². The highest BCUT2D eigenvalue weighted by Gasteiger charge is 2.27. The van der Waals surface area contributed by atoms with Crippen molar-refractivity contribution in [3.63, 3.8) is 0 Å². The quantitative estimate of drug-likeness (QED) is 0.790. The Morgan fingerprint density at radius 1 is 1.25 bits per heavy atom. The maximum atomic E-state index is 12.3. The molecule has 0 aliphatic heterocycles. The molecule has 0 aromatic heterocycles. The van der Waals surface area contributed by atoms with Gasteiger partial charge in [0, 0.05) is 10.5 Å². The summed E-state index contributed by atoms with van der Waals surface area (Å²) in [5.41, 5.74) is 0. The number of nitrogens with one attached hydrogen (secondary N) is 1. The van der Waals surface area contributed by atoms with Gasteiger partial charge in [-0.3, -0.25) is 0 Å². The molecule has 7 heteroatoms. The molecule has 1 saturated carbocycles. The first-order valence-electron chi connectivity index (χ1n) is 6.55. The van der Waals surface area contributed by atoms with Gasteiger partial charge in [-0.1, -0.05) is 30.9 Å². The lowest BCUT2D eigenvalue weighted by Gasteiger charge is -2.21. The maximum Gasteiger partial charge on any atom is 0.240 e. The van der Waals surface area contributed by atoms with Crippen molar-refractivity contribution < 1.29 is 13.5 Å². The van der Waals surface area contributed by atoms with E-state index in [4.69, 9.17) is 11.6 Å². The molecule has 1 aliphatic rings. The molecule has 2 N–H and O–H groups in total. The Hall–Kier alpha value is -0.140. The van der Waals surface area contributed by atoms with Gasteiger partial charge in [0.25, 0.3) is 0 Å². The second kappa shape index (κ2) is 6.75. The predicted molar refractivity (Wildman–Crippen MR) is 82.4 cm³/mol. The lowest BCUT2D eigenvalue weighted by atomic mass is 10.1. The van der Waals surface area contributed by atoms with E-state index in [1.54, 1.807) is 0 Å². The summed E-state index contributed by atoms with van der Waals surface area (Å²) >= 11 is 9.08. The maximum absolute atomic E-state index is 12.3. The Bertz CT molecular complexity index is 579. The number of hydrogen-bond acceptors (Lipinski definition) is 3. The second-order valence-electron chi connectivity index (χ2n) is 5.01. The van der Waals surface area contributed by atoms with Crippen LogP contribution in [0.2, 0.25) is 5.02 Å². The molecule has 1 fully saturated rings. The minimum atomic E-state index is -3.65. The summed E-state index contributed by atoms with van der Waals surface area (Å²) in [5, 5.41) is 10.5. The van der Waals surface area contributed by atoms with Gasteiger partial charge in [-0.05, 0) is 47.0 Å². The smallest absolute Gasteiger partial charge is 0.240 e. The minimum absolute atomic E-state index is 0.144. The predicted octanol–water partition coefficient (Wildman–Crippen LogP) is 3.07. The number of hydrogen-bond donors (Lipinski definition) is 2. The van der Waals surface area contributed by atoms with Crippen molar-refractivity contribution in [2.45, 2.75) is 49.1 Å². The van der Waals surface area contributed by atoms with Crippen LogP contribution < -0.4 is 4.72 Å². The highest BCUT2D eigenvalue weighted by Crippen LogP contribution is 2.26. The third-order valence-electron chi connectivity index (χ3n) is 3.49. The molecule has 112 valence electrons. The van der Waals surface area contributed by atoms with E-state index in [1.807, 2.05) is 0 Å². The molecular formula is C13H17BrClNO3S. The number of halogens is 2. The fraction of sp³-hybridized carbons (Fsp3) is 0.538. The van der Waals surface area contributed by atoms with Crippen LogP contribution in [0.15, 0.2) is 27.6 Å². The zero-order chi connectivity index (χ0) is 14.8. The van der Waals surface area contributed by atoms with E-state index in [0.29, 0.717) is 22.3 Å². The first-order valence-corrected chi connectivity index (χ1v) is 9.21. The lowest BCUT2D eigenvalue weighted by Crippen LogP contribution is -2.42. The van der Waals surface area contributed by atoms with Crippen molar-refractivity contribution in [3.05, 3.63) is 27.7 Å². The van der Waals surface area contributed by atoms with Crippen molar-refractivity contribution in [1.82, 2.24) is 4.72 Å². The molecule has 0 heterocycles. The molecule has 1 aromatic carbocycles. The Kier molecular flexibility index (Phi) is 5.48. The fourth-order valence-electron chi connectivity index (χ4n) is 2.34. The molecule has 0 radical (unpaired) electrons.